The molecule has 0 bridgehead atoms. The fourth-order valence-corrected chi connectivity index (χ4v) is 0.565. The molecule has 1 N–H and O–H groups in total. The lowest BCUT2D eigenvalue weighted by molar-refractivity contribution is -0.147. The molecule has 60 valence electrons. The Bertz CT molecular complexity index is 113. The van der Waals surface area contributed by atoms with Crippen LogP contribution < -0.4 is 0 Å². The number of rotatable bonds is 3. The molecule has 0 aromatic heterocycles. The molecule has 0 radical (unpaired) electrons. The summed E-state index contributed by atoms with van der Waals surface area (Å²) in [6.07, 6.45) is 0.0564. The first-order chi connectivity index (χ1) is 4.45. The number of hydrogen-bond acceptors (Lipinski definition) is 3. The average Bonchev–Trinajstić information content (AvgIpc) is 1.59. The standard InChI is InChI=1S/C7H14O3/c1-4-10-6(8)5-7(2,3)9/h9H,4-5H2,1-3H3. The number of esters is 1. The SMILES string of the molecule is CCOC(=O)CC(C)(C)O. The van der Waals surface area contributed by atoms with Gasteiger partial charge >= 0.3 is 5.97 Å². The van der Waals surface area contributed by atoms with Crippen molar-refractivity contribution in [3.63, 3.8) is 0 Å². The van der Waals surface area contributed by atoms with Gasteiger partial charge < -0.3 is 9.84 Å². The van der Waals surface area contributed by atoms with Gasteiger partial charge in [-0.25, -0.2) is 0 Å². The normalized spacial score (nSPS) is 11.2. The van der Waals surface area contributed by atoms with E-state index in [0.29, 0.717) is 6.61 Å². The van der Waals surface area contributed by atoms with Crippen molar-refractivity contribution in [1.29, 1.82) is 0 Å². The summed E-state index contributed by atoms with van der Waals surface area (Å²) in [5.41, 5.74) is -0.952. The van der Waals surface area contributed by atoms with Gasteiger partial charge in [-0.1, -0.05) is 0 Å². The van der Waals surface area contributed by atoms with Gasteiger partial charge in [-0.15, -0.1) is 0 Å². The fourth-order valence-electron chi connectivity index (χ4n) is 0.565. The maximum absolute atomic E-state index is 10.7. The van der Waals surface area contributed by atoms with E-state index in [4.69, 9.17) is 5.11 Å². The summed E-state index contributed by atoms with van der Waals surface area (Å²) in [6, 6.07) is 0. The third-order valence-corrected chi connectivity index (χ3v) is 0.882. The number of carbonyl (C=O) groups excluding carboxylic acids is 1. The molecule has 0 heterocycles. The maximum atomic E-state index is 10.7. The van der Waals surface area contributed by atoms with Crippen molar-refractivity contribution in [2.45, 2.75) is 32.8 Å². The smallest absolute Gasteiger partial charge is 0.308 e. The molecule has 3 heteroatoms. The van der Waals surface area contributed by atoms with Gasteiger partial charge in [0, 0.05) is 0 Å². The summed E-state index contributed by atoms with van der Waals surface area (Å²) < 4.78 is 4.62. The number of carbonyl (C=O) groups is 1. The quantitative estimate of drug-likeness (QED) is 0.596. The van der Waals surface area contributed by atoms with Crippen molar-refractivity contribution in [2.75, 3.05) is 6.61 Å². The molecule has 3 nitrogen and oxygen atoms in total. The van der Waals surface area contributed by atoms with Crippen LogP contribution in [0.25, 0.3) is 0 Å². The van der Waals surface area contributed by atoms with E-state index in [0.717, 1.165) is 0 Å². The molecule has 0 fully saturated rings. The highest BCUT2D eigenvalue weighted by Gasteiger charge is 2.18. The van der Waals surface area contributed by atoms with Crippen molar-refractivity contribution in [1.82, 2.24) is 0 Å². The van der Waals surface area contributed by atoms with Crippen LogP contribution in [-0.2, 0) is 9.53 Å². The highest BCUT2D eigenvalue weighted by molar-refractivity contribution is 5.70. The molecule has 0 aliphatic rings. The van der Waals surface area contributed by atoms with E-state index in [1.807, 2.05) is 0 Å². The van der Waals surface area contributed by atoms with Crippen LogP contribution in [0, 0.1) is 0 Å². The first-order valence-electron chi connectivity index (χ1n) is 3.33. The van der Waals surface area contributed by atoms with Crippen molar-refractivity contribution in [3.05, 3.63) is 0 Å². The second-order valence-electron chi connectivity index (χ2n) is 2.79. The molecule has 0 aliphatic heterocycles. The lowest BCUT2D eigenvalue weighted by atomic mass is 10.1. The van der Waals surface area contributed by atoms with E-state index >= 15 is 0 Å². The topological polar surface area (TPSA) is 46.5 Å². The summed E-state index contributed by atoms with van der Waals surface area (Å²) in [4.78, 5) is 10.7. The van der Waals surface area contributed by atoms with Gasteiger partial charge in [0.15, 0.2) is 0 Å². The van der Waals surface area contributed by atoms with E-state index in [2.05, 4.69) is 4.74 Å². The van der Waals surface area contributed by atoms with Gasteiger partial charge in [-0.05, 0) is 20.8 Å². The summed E-state index contributed by atoms with van der Waals surface area (Å²) in [5, 5.41) is 9.11. The first kappa shape index (κ1) is 9.43. The zero-order valence-electron chi connectivity index (χ0n) is 6.68. The minimum atomic E-state index is -0.952. The monoisotopic (exact) mass is 146 g/mol. The number of aliphatic hydroxyl groups is 1. The van der Waals surface area contributed by atoms with Gasteiger partial charge in [0.2, 0.25) is 0 Å². The van der Waals surface area contributed by atoms with E-state index in [1.54, 1.807) is 20.8 Å². The Morgan fingerprint density at radius 1 is 1.60 bits per heavy atom. The first-order valence-corrected chi connectivity index (χ1v) is 3.33. The van der Waals surface area contributed by atoms with E-state index in [-0.39, 0.29) is 12.4 Å². The van der Waals surface area contributed by atoms with E-state index < -0.39 is 5.60 Å². The molecule has 0 atom stereocenters. The van der Waals surface area contributed by atoms with Gasteiger partial charge in [-0.2, -0.15) is 0 Å². The van der Waals surface area contributed by atoms with Gasteiger partial charge in [0.05, 0.1) is 18.6 Å². The number of ether oxygens (including phenoxy) is 1. The van der Waals surface area contributed by atoms with Crippen molar-refractivity contribution in [3.8, 4) is 0 Å². The van der Waals surface area contributed by atoms with Crippen LogP contribution >= 0.6 is 0 Å². The molecule has 0 aromatic carbocycles. The Hall–Kier alpha value is -0.570. The van der Waals surface area contributed by atoms with E-state index in [1.165, 1.54) is 0 Å². The maximum Gasteiger partial charge on any atom is 0.308 e. The highest BCUT2D eigenvalue weighted by atomic mass is 16.5. The summed E-state index contributed by atoms with van der Waals surface area (Å²) in [6.45, 7) is 5.25. The second kappa shape index (κ2) is 3.56. The van der Waals surface area contributed by atoms with Crippen LogP contribution in [0.4, 0.5) is 0 Å². The van der Waals surface area contributed by atoms with Gasteiger partial charge in [0.25, 0.3) is 0 Å². The summed E-state index contributed by atoms with van der Waals surface area (Å²) >= 11 is 0. The molecular formula is C7H14O3. The Kier molecular flexibility index (Phi) is 3.36. The number of hydrogen-bond donors (Lipinski definition) is 1. The molecule has 0 saturated carbocycles. The minimum Gasteiger partial charge on any atom is -0.466 e. The van der Waals surface area contributed by atoms with Gasteiger partial charge in [0.1, 0.15) is 0 Å². The molecule has 0 unspecified atom stereocenters. The predicted octanol–water partition coefficient (Wildman–Crippen LogP) is 0.711. The summed E-state index contributed by atoms with van der Waals surface area (Å²) in [7, 11) is 0. The van der Waals surface area contributed by atoms with Crippen molar-refractivity contribution >= 4 is 5.97 Å². The van der Waals surface area contributed by atoms with Crippen molar-refractivity contribution < 1.29 is 14.6 Å². The van der Waals surface area contributed by atoms with Crippen LogP contribution in [0.3, 0.4) is 0 Å². The summed E-state index contributed by atoms with van der Waals surface area (Å²) in [5.74, 6) is -0.352. The van der Waals surface area contributed by atoms with Crippen LogP contribution in [0.15, 0.2) is 0 Å². The van der Waals surface area contributed by atoms with Crippen LogP contribution in [0.2, 0.25) is 0 Å². The predicted molar refractivity (Wildman–Crippen MR) is 37.5 cm³/mol. The lowest BCUT2D eigenvalue weighted by Crippen LogP contribution is -2.24. The zero-order valence-corrected chi connectivity index (χ0v) is 6.68. The third-order valence-electron chi connectivity index (χ3n) is 0.882. The molecule has 0 saturated heterocycles. The molecule has 0 aromatic rings. The second-order valence-corrected chi connectivity index (χ2v) is 2.79. The molecule has 0 spiro atoms. The zero-order chi connectivity index (χ0) is 8.20. The molecular weight excluding hydrogens is 132 g/mol. The Morgan fingerprint density at radius 2 is 2.10 bits per heavy atom. The van der Waals surface area contributed by atoms with Crippen LogP contribution in [0.1, 0.15) is 27.2 Å². The van der Waals surface area contributed by atoms with Crippen LogP contribution in [0.5, 0.6) is 0 Å². The molecule has 10 heavy (non-hydrogen) atoms. The average molecular weight is 146 g/mol. The Labute approximate surface area is 61.0 Å². The fraction of sp³-hybridized carbons (Fsp3) is 0.857. The molecule has 0 aliphatic carbocycles. The van der Waals surface area contributed by atoms with E-state index in [9.17, 15) is 4.79 Å². The largest absolute Gasteiger partial charge is 0.466 e. The van der Waals surface area contributed by atoms with Crippen molar-refractivity contribution in [2.24, 2.45) is 0 Å². The third kappa shape index (κ3) is 5.56. The minimum absolute atomic E-state index is 0.0564. The molecule has 0 amide bonds. The van der Waals surface area contributed by atoms with Gasteiger partial charge in [-0.3, -0.25) is 4.79 Å². The van der Waals surface area contributed by atoms with Crippen LogP contribution in [-0.4, -0.2) is 23.3 Å². The lowest BCUT2D eigenvalue weighted by Gasteiger charge is -2.14. The Balaban J connectivity index is 3.58. The molecule has 0 rings (SSSR count). The Morgan fingerprint density at radius 3 is 2.40 bits per heavy atom. The highest BCUT2D eigenvalue weighted by Crippen LogP contribution is 2.07.